The number of carbonyl (C=O) groups is 2. The van der Waals surface area contributed by atoms with E-state index >= 15 is 0 Å². The number of hydrogen-bond donors (Lipinski definition) is 0. The second kappa shape index (κ2) is 6.21. The predicted molar refractivity (Wildman–Crippen MR) is 94.0 cm³/mol. The van der Waals surface area contributed by atoms with Gasteiger partial charge in [0, 0.05) is 30.3 Å². The molecule has 0 saturated carbocycles. The molecular weight excluding hydrogens is 344 g/mol. The van der Waals surface area contributed by atoms with Crippen LogP contribution < -0.4 is 0 Å². The molecule has 1 aliphatic rings. The van der Waals surface area contributed by atoms with E-state index in [1.807, 2.05) is 6.07 Å². The Balaban J connectivity index is 1.96. The average molecular weight is 358 g/mol. The van der Waals surface area contributed by atoms with Gasteiger partial charge in [-0.1, -0.05) is 0 Å². The van der Waals surface area contributed by atoms with Gasteiger partial charge < -0.3 is 4.42 Å². The van der Waals surface area contributed by atoms with E-state index < -0.39 is 4.92 Å². The van der Waals surface area contributed by atoms with E-state index in [-0.39, 0.29) is 21.7 Å². The summed E-state index contributed by atoms with van der Waals surface area (Å²) in [4.78, 5) is 35.5. The Morgan fingerprint density at radius 3 is 2.56 bits per heavy atom. The number of nitro benzene ring substituents is 1. The van der Waals surface area contributed by atoms with Gasteiger partial charge >= 0.3 is 0 Å². The van der Waals surface area contributed by atoms with Gasteiger partial charge in [-0.2, -0.15) is 0 Å². The normalized spacial score (nSPS) is 16.1. The molecular formula is C17H14N2O5S. The summed E-state index contributed by atoms with van der Waals surface area (Å²) < 4.78 is 5.69. The molecule has 0 radical (unpaired) electrons. The molecule has 1 aliphatic heterocycles. The van der Waals surface area contributed by atoms with Crippen LogP contribution in [0.1, 0.15) is 16.9 Å². The molecule has 2 aromatic rings. The zero-order valence-corrected chi connectivity index (χ0v) is 14.5. The monoisotopic (exact) mass is 358 g/mol. The first-order valence-electron chi connectivity index (χ1n) is 7.35. The summed E-state index contributed by atoms with van der Waals surface area (Å²) in [5, 5.41) is 10.8. The molecule has 8 heteroatoms. The van der Waals surface area contributed by atoms with Crippen LogP contribution in [0.2, 0.25) is 0 Å². The lowest BCUT2D eigenvalue weighted by Gasteiger charge is -2.04. The Morgan fingerprint density at radius 2 is 1.96 bits per heavy atom. The molecule has 0 bridgehead atoms. The summed E-state index contributed by atoms with van der Waals surface area (Å²) >= 11 is 0.842. The number of imide groups is 1. The van der Waals surface area contributed by atoms with Crippen molar-refractivity contribution in [2.45, 2.75) is 13.8 Å². The SMILES string of the molecule is Cc1cc(-c2ccc(/C=C3\SC(=O)N(C)C3=O)o2)cc([N+](=O)[O-])c1C. The zero-order valence-electron chi connectivity index (χ0n) is 13.7. The lowest BCUT2D eigenvalue weighted by Crippen LogP contribution is -2.22. The van der Waals surface area contributed by atoms with Gasteiger partial charge in [0.15, 0.2) is 0 Å². The Labute approximate surface area is 147 Å². The van der Waals surface area contributed by atoms with Gasteiger partial charge in [0.1, 0.15) is 11.5 Å². The van der Waals surface area contributed by atoms with Crippen molar-refractivity contribution in [3.05, 3.63) is 56.2 Å². The molecule has 1 aromatic heterocycles. The number of thioether (sulfide) groups is 1. The largest absolute Gasteiger partial charge is 0.457 e. The van der Waals surface area contributed by atoms with Crippen molar-refractivity contribution in [3.8, 4) is 11.3 Å². The molecule has 2 heterocycles. The van der Waals surface area contributed by atoms with Gasteiger partial charge in [-0.25, -0.2) is 0 Å². The van der Waals surface area contributed by atoms with Gasteiger partial charge in [0.2, 0.25) is 0 Å². The van der Waals surface area contributed by atoms with Crippen molar-refractivity contribution in [3.63, 3.8) is 0 Å². The second-order valence-corrected chi connectivity index (χ2v) is 6.63. The molecule has 1 fully saturated rings. The van der Waals surface area contributed by atoms with Crippen LogP contribution in [-0.4, -0.2) is 28.0 Å². The molecule has 0 unspecified atom stereocenters. The number of amides is 2. The molecule has 0 atom stereocenters. The lowest BCUT2D eigenvalue weighted by molar-refractivity contribution is -0.385. The number of hydrogen-bond acceptors (Lipinski definition) is 6. The molecule has 0 spiro atoms. The highest BCUT2D eigenvalue weighted by Gasteiger charge is 2.32. The second-order valence-electron chi connectivity index (χ2n) is 5.64. The minimum absolute atomic E-state index is 0.0278. The van der Waals surface area contributed by atoms with Crippen molar-refractivity contribution in [2.24, 2.45) is 0 Å². The fraction of sp³-hybridized carbons (Fsp3) is 0.176. The van der Waals surface area contributed by atoms with Crippen LogP contribution in [0.3, 0.4) is 0 Å². The first kappa shape index (κ1) is 17.0. The Kier molecular flexibility index (Phi) is 4.22. The van der Waals surface area contributed by atoms with E-state index in [4.69, 9.17) is 4.42 Å². The topological polar surface area (TPSA) is 93.7 Å². The minimum atomic E-state index is -0.424. The van der Waals surface area contributed by atoms with Gasteiger partial charge in [-0.05, 0) is 49.4 Å². The third-order valence-corrected chi connectivity index (χ3v) is 4.97. The third kappa shape index (κ3) is 3.08. The van der Waals surface area contributed by atoms with Crippen molar-refractivity contribution in [1.29, 1.82) is 0 Å². The standard InChI is InChI=1S/C17H14N2O5S/c1-9-6-11(7-13(10(9)2)19(22)23)14-5-4-12(24-14)8-15-16(20)18(3)17(21)25-15/h4-8H,1-3H3/b15-8-. The van der Waals surface area contributed by atoms with Gasteiger partial charge in [-0.3, -0.25) is 24.6 Å². The summed E-state index contributed by atoms with van der Waals surface area (Å²) in [5.41, 5.74) is 2.00. The number of nitro groups is 1. The summed E-state index contributed by atoms with van der Waals surface area (Å²) in [6.45, 7) is 3.50. The van der Waals surface area contributed by atoms with E-state index in [1.54, 1.807) is 26.0 Å². The summed E-state index contributed by atoms with van der Waals surface area (Å²) in [6, 6.07) is 6.60. The number of nitrogens with zero attached hydrogens (tertiary/aromatic N) is 2. The van der Waals surface area contributed by atoms with Crippen LogP contribution in [-0.2, 0) is 4.79 Å². The number of benzene rings is 1. The van der Waals surface area contributed by atoms with E-state index in [9.17, 15) is 19.7 Å². The Bertz CT molecular complexity index is 945. The maximum atomic E-state index is 11.9. The fourth-order valence-electron chi connectivity index (χ4n) is 2.43. The van der Waals surface area contributed by atoms with Crippen molar-refractivity contribution in [2.75, 3.05) is 7.05 Å². The first-order valence-corrected chi connectivity index (χ1v) is 8.17. The Hall–Kier alpha value is -2.87. The highest BCUT2D eigenvalue weighted by molar-refractivity contribution is 8.18. The van der Waals surface area contributed by atoms with E-state index in [1.165, 1.54) is 19.2 Å². The highest BCUT2D eigenvalue weighted by Crippen LogP contribution is 2.34. The number of carbonyl (C=O) groups excluding carboxylic acids is 2. The molecule has 7 nitrogen and oxygen atoms in total. The Morgan fingerprint density at radius 1 is 1.24 bits per heavy atom. The van der Waals surface area contributed by atoms with Crippen molar-refractivity contribution in [1.82, 2.24) is 4.90 Å². The van der Waals surface area contributed by atoms with Gasteiger partial charge in [-0.15, -0.1) is 0 Å². The summed E-state index contributed by atoms with van der Waals surface area (Å²) in [6.07, 6.45) is 1.49. The smallest absolute Gasteiger partial charge is 0.293 e. The molecule has 1 saturated heterocycles. The third-order valence-electron chi connectivity index (χ3n) is 4.01. The van der Waals surface area contributed by atoms with Crippen LogP contribution >= 0.6 is 11.8 Å². The average Bonchev–Trinajstić information content (AvgIpc) is 3.11. The van der Waals surface area contributed by atoms with Crippen LogP contribution in [0, 0.1) is 24.0 Å². The maximum Gasteiger partial charge on any atom is 0.293 e. The van der Waals surface area contributed by atoms with Crippen LogP contribution in [0.5, 0.6) is 0 Å². The number of likely N-dealkylation sites (N-methyl/N-ethyl adjacent to an activating group) is 1. The molecule has 128 valence electrons. The van der Waals surface area contributed by atoms with Crippen LogP contribution in [0.4, 0.5) is 10.5 Å². The fourth-order valence-corrected chi connectivity index (χ4v) is 3.24. The van der Waals surface area contributed by atoms with Crippen molar-refractivity contribution >= 4 is 34.7 Å². The summed E-state index contributed by atoms with van der Waals surface area (Å²) in [7, 11) is 1.42. The van der Waals surface area contributed by atoms with E-state index in [0.717, 1.165) is 22.2 Å². The minimum Gasteiger partial charge on any atom is -0.457 e. The molecule has 3 rings (SSSR count). The summed E-state index contributed by atoms with van der Waals surface area (Å²) in [5.74, 6) is 0.470. The maximum absolute atomic E-state index is 11.9. The van der Waals surface area contributed by atoms with Crippen molar-refractivity contribution < 1.29 is 18.9 Å². The van der Waals surface area contributed by atoms with E-state index in [2.05, 4.69) is 0 Å². The highest BCUT2D eigenvalue weighted by atomic mass is 32.2. The number of aryl methyl sites for hydroxylation is 1. The van der Waals surface area contributed by atoms with Crippen LogP contribution in [0.15, 0.2) is 33.6 Å². The molecule has 0 N–H and O–H groups in total. The predicted octanol–water partition coefficient (Wildman–Crippen LogP) is 4.14. The molecule has 0 aliphatic carbocycles. The van der Waals surface area contributed by atoms with Gasteiger partial charge in [0.05, 0.1) is 9.83 Å². The molecule has 25 heavy (non-hydrogen) atoms. The number of furan rings is 1. The molecule has 1 aromatic carbocycles. The first-order chi connectivity index (χ1) is 11.8. The van der Waals surface area contributed by atoms with Gasteiger partial charge in [0.25, 0.3) is 16.8 Å². The zero-order chi connectivity index (χ0) is 18.3. The van der Waals surface area contributed by atoms with Crippen LogP contribution in [0.25, 0.3) is 17.4 Å². The quantitative estimate of drug-likeness (QED) is 0.465. The number of rotatable bonds is 3. The molecule has 2 amide bonds. The lowest BCUT2D eigenvalue weighted by atomic mass is 10.0. The van der Waals surface area contributed by atoms with E-state index in [0.29, 0.717) is 22.6 Å².